The molecule has 1 N–H and O–H groups in total. The predicted octanol–water partition coefficient (Wildman–Crippen LogP) is 4.33. The number of hydrogen-bond acceptors (Lipinski definition) is 5. The SMILES string of the molecule is CCN1CCN(c2ccc(NC(=O)c3cn(-c4ccccc4)nc3-c3cccnc3)cc2)CC1. The second kappa shape index (κ2) is 9.89. The van der Waals surface area contributed by atoms with Gasteiger partial charge in [-0.3, -0.25) is 9.78 Å². The summed E-state index contributed by atoms with van der Waals surface area (Å²) in [6.07, 6.45) is 5.21. The summed E-state index contributed by atoms with van der Waals surface area (Å²) < 4.78 is 1.73. The highest BCUT2D eigenvalue weighted by atomic mass is 16.1. The number of pyridine rings is 1. The van der Waals surface area contributed by atoms with Gasteiger partial charge in [-0.2, -0.15) is 5.10 Å². The highest BCUT2D eigenvalue weighted by molar-refractivity contribution is 6.08. The van der Waals surface area contributed by atoms with Gasteiger partial charge in [-0.05, 0) is 55.1 Å². The van der Waals surface area contributed by atoms with Gasteiger partial charge in [-0.15, -0.1) is 0 Å². The number of rotatable bonds is 6. The van der Waals surface area contributed by atoms with E-state index in [9.17, 15) is 4.79 Å². The molecule has 1 aliphatic heterocycles. The summed E-state index contributed by atoms with van der Waals surface area (Å²) in [5.41, 5.74) is 4.71. The molecule has 1 saturated heterocycles. The average molecular weight is 453 g/mol. The Kier molecular flexibility index (Phi) is 6.35. The molecule has 0 bridgehead atoms. The summed E-state index contributed by atoms with van der Waals surface area (Å²) >= 11 is 0. The zero-order chi connectivity index (χ0) is 23.3. The van der Waals surface area contributed by atoms with E-state index in [0.717, 1.165) is 49.7 Å². The van der Waals surface area contributed by atoms with E-state index in [1.807, 2.05) is 54.6 Å². The largest absolute Gasteiger partial charge is 0.369 e. The molecule has 5 rings (SSSR count). The molecule has 0 aliphatic carbocycles. The zero-order valence-electron chi connectivity index (χ0n) is 19.3. The van der Waals surface area contributed by atoms with Crippen LogP contribution in [-0.4, -0.2) is 58.3 Å². The number of para-hydroxylation sites is 1. The van der Waals surface area contributed by atoms with Crippen molar-refractivity contribution in [3.05, 3.63) is 90.9 Å². The maximum Gasteiger partial charge on any atom is 0.259 e. The molecule has 1 aliphatic rings. The van der Waals surface area contributed by atoms with Crippen molar-refractivity contribution >= 4 is 17.3 Å². The number of piperazine rings is 1. The van der Waals surface area contributed by atoms with Crippen molar-refractivity contribution in [3.63, 3.8) is 0 Å². The number of nitrogens with one attached hydrogen (secondary N) is 1. The molecule has 7 nitrogen and oxygen atoms in total. The summed E-state index contributed by atoms with van der Waals surface area (Å²) in [6, 6.07) is 21.6. The van der Waals surface area contributed by atoms with Crippen LogP contribution in [0.25, 0.3) is 16.9 Å². The van der Waals surface area contributed by atoms with Crippen LogP contribution in [0.4, 0.5) is 11.4 Å². The third kappa shape index (κ3) is 4.70. The van der Waals surface area contributed by atoms with Crippen molar-refractivity contribution in [1.29, 1.82) is 0 Å². The van der Waals surface area contributed by atoms with E-state index in [-0.39, 0.29) is 5.91 Å². The van der Waals surface area contributed by atoms with Crippen LogP contribution in [-0.2, 0) is 0 Å². The minimum Gasteiger partial charge on any atom is -0.369 e. The molecule has 0 spiro atoms. The quantitative estimate of drug-likeness (QED) is 0.472. The molecule has 1 fully saturated rings. The number of benzene rings is 2. The van der Waals surface area contributed by atoms with Gasteiger partial charge in [0.1, 0.15) is 5.69 Å². The molecule has 1 amide bonds. The Bertz CT molecular complexity index is 1230. The maximum atomic E-state index is 13.3. The smallest absolute Gasteiger partial charge is 0.259 e. The molecule has 2 aromatic heterocycles. The van der Waals surface area contributed by atoms with Gasteiger partial charge in [-0.25, -0.2) is 4.68 Å². The van der Waals surface area contributed by atoms with Gasteiger partial charge in [0.05, 0.1) is 11.3 Å². The fourth-order valence-corrected chi connectivity index (χ4v) is 4.25. The van der Waals surface area contributed by atoms with Crippen LogP contribution in [0.5, 0.6) is 0 Å². The van der Waals surface area contributed by atoms with E-state index in [1.165, 1.54) is 5.69 Å². The lowest BCUT2D eigenvalue weighted by Crippen LogP contribution is -2.46. The second-order valence-electron chi connectivity index (χ2n) is 8.34. The third-order valence-electron chi connectivity index (χ3n) is 6.22. The van der Waals surface area contributed by atoms with E-state index in [1.54, 1.807) is 23.3 Å². The first-order valence-corrected chi connectivity index (χ1v) is 11.7. The topological polar surface area (TPSA) is 66.3 Å². The number of anilines is 2. The van der Waals surface area contributed by atoms with Crippen molar-refractivity contribution in [1.82, 2.24) is 19.7 Å². The number of likely N-dealkylation sites (N-methyl/N-ethyl adjacent to an activating group) is 1. The van der Waals surface area contributed by atoms with Crippen molar-refractivity contribution in [2.45, 2.75) is 6.92 Å². The summed E-state index contributed by atoms with van der Waals surface area (Å²) in [6.45, 7) is 7.51. The Morgan fingerprint density at radius 3 is 2.35 bits per heavy atom. The van der Waals surface area contributed by atoms with Gasteiger partial charge in [0, 0.05) is 61.7 Å². The van der Waals surface area contributed by atoms with Crippen LogP contribution in [0, 0.1) is 0 Å². The molecule has 4 aromatic rings. The van der Waals surface area contributed by atoms with Crippen molar-refractivity contribution < 1.29 is 4.79 Å². The number of nitrogens with zero attached hydrogens (tertiary/aromatic N) is 5. The molecule has 0 radical (unpaired) electrons. The highest BCUT2D eigenvalue weighted by Crippen LogP contribution is 2.25. The zero-order valence-corrected chi connectivity index (χ0v) is 19.3. The highest BCUT2D eigenvalue weighted by Gasteiger charge is 2.20. The average Bonchev–Trinajstić information content (AvgIpc) is 3.36. The Balaban J connectivity index is 1.36. The monoisotopic (exact) mass is 452 g/mol. The number of carbonyl (C=O) groups is 1. The molecule has 0 unspecified atom stereocenters. The van der Waals surface area contributed by atoms with Crippen LogP contribution < -0.4 is 10.2 Å². The lowest BCUT2D eigenvalue weighted by atomic mass is 10.1. The van der Waals surface area contributed by atoms with E-state index in [0.29, 0.717) is 11.3 Å². The van der Waals surface area contributed by atoms with Crippen LogP contribution in [0.3, 0.4) is 0 Å². The minimum absolute atomic E-state index is 0.203. The van der Waals surface area contributed by atoms with Gasteiger partial charge < -0.3 is 15.1 Å². The molecule has 0 saturated carbocycles. The second-order valence-corrected chi connectivity index (χ2v) is 8.34. The molecular weight excluding hydrogens is 424 g/mol. The van der Waals surface area contributed by atoms with Crippen molar-refractivity contribution in [2.24, 2.45) is 0 Å². The van der Waals surface area contributed by atoms with Crippen LogP contribution >= 0.6 is 0 Å². The standard InChI is InChI=1S/C27H28N6O/c1-2-31-15-17-32(18-16-31)23-12-10-22(11-13-23)29-27(34)25-20-33(24-8-4-3-5-9-24)30-26(25)21-7-6-14-28-19-21/h3-14,19-20H,2,15-18H2,1H3,(H,29,34). The molecule has 172 valence electrons. The fourth-order valence-electron chi connectivity index (χ4n) is 4.25. The van der Waals surface area contributed by atoms with Crippen LogP contribution in [0.2, 0.25) is 0 Å². The Labute approximate surface area is 199 Å². The molecule has 3 heterocycles. The molecule has 34 heavy (non-hydrogen) atoms. The normalized spacial score (nSPS) is 14.2. The molecule has 0 atom stereocenters. The van der Waals surface area contributed by atoms with Gasteiger partial charge >= 0.3 is 0 Å². The van der Waals surface area contributed by atoms with Crippen molar-refractivity contribution in [3.8, 4) is 16.9 Å². The van der Waals surface area contributed by atoms with E-state index < -0.39 is 0 Å². The fraction of sp³-hybridized carbons (Fsp3) is 0.222. The molecule has 7 heteroatoms. The number of aromatic nitrogens is 3. The summed E-state index contributed by atoms with van der Waals surface area (Å²) in [4.78, 5) is 22.4. The summed E-state index contributed by atoms with van der Waals surface area (Å²) in [5.74, 6) is -0.203. The number of hydrogen-bond donors (Lipinski definition) is 1. The summed E-state index contributed by atoms with van der Waals surface area (Å²) in [7, 11) is 0. The van der Waals surface area contributed by atoms with Gasteiger partial charge in [0.15, 0.2) is 0 Å². The first-order chi connectivity index (χ1) is 16.7. The van der Waals surface area contributed by atoms with Gasteiger partial charge in [0.25, 0.3) is 5.91 Å². The third-order valence-corrected chi connectivity index (χ3v) is 6.22. The summed E-state index contributed by atoms with van der Waals surface area (Å²) in [5, 5.41) is 7.75. The van der Waals surface area contributed by atoms with E-state index in [4.69, 9.17) is 5.10 Å². The predicted molar refractivity (Wildman–Crippen MR) is 136 cm³/mol. The number of amides is 1. The van der Waals surface area contributed by atoms with E-state index >= 15 is 0 Å². The Hall–Kier alpha value is -3.97. The van der Waals surface area contributed by atoms with Gasteiger partial charge in [0.2, 0.25) is 0 Å². The van der Waals surface area contributed by atoms with E-state index in [2.05, 4.69) is 39.2 Å². The van der Waals surface area contributed by atoms with Crippen molar-refractivity contribution in [2.75, 3.05) is 42.9 Å². The Morgan fingerprint density at radius 2 is 1.68 bits per heavy atom. The lowest BCUT2D eigenvalue weighted by Gasteiger charge is -2.35. The maximum absolute atomic E-state index is 13.3. The first kappa shape index (κ1) is 21.9. The number of carbonyl (C=O) groups excluding carboxylic acids is 1. The van der Waals surface area contributed by atoms with Crippen LogP contribution in [0.15, 0.2) is 85.3 Å². The lowest BCUT2D eigenvalue weighted by molar-refractivity contribution is 0.102. The Morgan fingerprint density at radius 1 is 0.912 bits per heavy atom. The minimum atomic E-state index is -0.203. The first-order valence-electron chi connectivity index (χ1n) is 11.7. The van der Waals surface area contributed by atoms with Gasteiger partial charge in [-0.1, -0.05) is 25.1 Å². The molecular formula is C27H28N6O. The van der Waals surface area contributed by atoms with Crippen LogP contribution in [0.1, 0.15) is 17.3 Å². The molecule has 2 aromatic carbocycles.